The summed E-state index contributed by atoms with van der Waals surface area (Å²) in [6.45, 7) is 6.79. The summed E-state index contributed by atoms with van der Waals surface area (Å²) in [5.74, 6) is 0.485. The van der Waals surface area contributed by atoms with Crippen LogP contribution in [0, 0.1) is 0 Å². The van der Waals surface area contributed by atoms with Crippen LogP contribution in [0.2, 0.25) is 0 Å². The lowest BCUT2D eigenvalue weighted by atomic mass is 10.1. The molecule has 3 rings (SSSR count). The quantitative estimate of drug-likeness (QED) is 0.773. The zero-order valence-corrected chi connectivity index (χ0v) is 17.1. The molecular weight excluding hydrogens is 368 g/mol. The van der Waals surface area contributed by atoms with Gasteiger partial charge in [-0.2, -0.15) is 0 Å². The lowest BCUT2D eigenvalue weighted by molar-refractivity contribution is 0.0643. The number of hydrogen-bond donors (Lipinski definition) is 1. The lowest BCUT2D eigenvalue weighted by Gasteiger charge is -2.34. The summed E-state index contributed by atoms with van der Waals surface area (Å²) in [7, 11) is 1.63. The maximum absolute atomic E-state index is 12.8. The Balaban J connectivity index is 1.54. The van der Waals surface area contributed by atoms with Crippen molar-refractivity contribution in [1.29, 1.82) is 0 Å². The van der Waals surface area contributed by atoms with Gasteiger partial charge in [0.1, 0.15) is 11.4 Å². The molecule has 0 aliphatic carbocycles. The monoisotopic (exact) mass is 396 g/mol. The van der Waals surface area contributed by atoms with Gasteiger partial charge in [0.15, 0.2) is 0 Å². The number of likely N-dealkylation sites (N-methyl/N-ethyl adjacent to an activating group) is 1. The Morgan fingerprint density at radius 2 is 1.83 bits per heavy atom. The molecule has 29 heavy (non-hydrogen) atoms. The Hall–Kier alpha value is -2.93. The van der Waals surface area contributed by atoms with Gasteiger partial charge >= 0.3 is 0 Å². The number of carbonyl (C=O) groups is 2. The van der Waals surface area contributed by atoms with Gasteiger partial charge in [-0.3, -0.25) is 14.6 Å². The van der Waals surface area contributed by atoms with Crippen LogP contribution in [-0.4, -0.2) is 73.0 Å². The van der Waals surface area contributed by atoms with Crippen LogP contribution in [-0.2, 0) is 6.42 Å². The van der Waals surface area contributed by atoms with Crippen molar-refractivity contribution in [3.8, 4) is 5.75 Å². The first-order valence-electron chi connectivity index (χ1n) is 9.99. The topological polar surface area (TPSA) is 74.8 Å². The first-order chi connectivity index (χ1) is 14.1. The minimum absolute atomic E-state index is 0.0459. The van der Waals surface area contributed by atoms with E-state index in [-0.39, 0.29) is 17.5 Å². The number of hydrogen-bond acceptors (Lipinski definition) is 5. The van der Waals surface area contributed by atoms with Crippen molar-refractivity contribution < 1.29 is 14.3 Å². The number of nitrogens with one attached hydrogen (secondary N) is 1. The zero-order chi connectivity index (χ0) is 20.6. The largest absolute Gasteiger partial charge is 0.497 e. The van der Waals surface area contributed by atoms with Crippen molar-refractivity contribution in [2.75, 3.05) is 46.4 Å². The molecule has 0 saturated carbocycles. The minimum atomic E-state index is -0.274. The predicted octanol–water partition coefficient (Wildman–Crippen LogP) is 1.84. The summed E-state index contributed by atoms with van der Waals surface area (Å²) in [5, 5.41) is 2.87. The standard InChI is InChI=1S/C22H28N4O3/c1-3-25-12-14-26(15-13-25)22(28)18-9-11-23-20(16-18)21(27)24-10-8-17-4-6-19(29-2)7-5-17/h4-7,9,11,16H,3,8,10,12-15H2,1-2H3,(H,24,27). The smallest absolute Gasteiger partial charge is 0.269 e. The maximum Gasteiger partial charge on any atom is 0.269 e. The van der Waals surface area contributed by atoms with Crippen molar-refractivity contribution in [2.24, 2.45) is 0 Å². The van der Waals surface area contributed by atoms with Gasteiger partial charge in [-0.05, 0) is 42.8 Å². The highest BCUT2D eigenvalue weighted by Crippen LogP contribution is 2.12. The molecule has 2 heterocycles. The Morgan fingerprint density at radius 1 is 1.10 bits per heavy atom. The molecule has 1 aromatic carbocycles. The third kappa shape index (κ3) is 5.54. The maximum atomic E-state index is 12.8. The molecule has 1 aliphatic heterocycles. The normalized spacial score (nSPS) is 14.5. The number of aromatic nitrogens is 1. The van der Waals surface area contributed by atoms with Crippen molar-refractivity contribution in [2.45, 2.75) is 13.3 Å². The molecule has 1 N–H and O–H groups in total. The second-order valence-electron chi connectivity index (χ2n) is 7.01. The summed E-state index contributed by atoms with van der Waals surface area (Å²) < 4.78 is 5.14. The molecule has 0 spiro atoms. The summed E-state index contributed by atoms with van der Waals surface area (Å²) in [5.41, 5.74) is 1.87. The number of nitrogens with zero attached hydrogens (tertiary/aromatic N) is 3. The molecule has 7 heteroatoms. The molecule has 2 aromatic rings. The zero-order valence-electron chi connectivity index (χ0n) is 17.1. The molecule has 0 atom stereocenters. The van der Waals surface area contributed by atoms with E-state index in [9.17, 15) is 9.59 Å². The Morgan fingerprint density at radius 3 is 2.48 bits per heavy atom. The number of benzene rings is 1. The fourth-order valence-electron chi connectivity index (χ4n) is 3.34. The van der Waals surface area contributed by atoms with Gasteiger partial charge in [-0.1, -0.05) is 19.1 Å². The fraction of sp³-hybridized carbons (Fsp3) is 0.409. The Bertz CT molecular complexity index is 830. The highest BCUT2D eigenvalue weighted by Gasteiger charge is 2.22. The number of ether oxygens (including phenoxy) is 1. The molecule has 7 nitrogen and oxygen atoms in total. The molecule has 154 valence electrons. The van der Waals surface area contributed by atoms with E-state index in [1.807, 2.05) is 29.2 Å². The second-order valence-corrected chi connectivity index (χ2v) is 7.01. The van der Waals surface area contributed by atoms with E-state index in [1.165, 1.54) is 6.20 Å². The van der Waals surface area contributed by atoms with Gasteiger partial charge in [0.05, 0.1) is 7.11 Å². The van der Waals surface area contributed by atoms with Crippen LogP contribution in [0.3, 0.4) is 0 Å². The third-order valence-corrected chi connectivity index (χ3v) is 5.20. The first kappa shape index (κ1) is 20.8. The second kappa shape index (κ2) is 10.0. The number of methoxy groups -OCH3 is 1. The van der Waals surface area contributed by atoms with Crippen molar-refractivity contribution >= 4 is 11.8 Å². The summed E-state index contributed by atoms with van der Waals surface area (Å²) in [6.07, 6.45) is 2.23. The van der Waals surface area contributed by atoms with Crippen LogP contribution in [0.5, 0.6) is 5.75 Å². The average Bonchev–Trinajstić information content (AvgIpc) is 2.79. The summed E-state index contributed by atoms with van der Waals surface area (Å²) in [4.78, 5) is 33.5. The average molecular weight is 396 g/mol. The van der Waals surface area contributed by atoms with Gasteiger partial charge in [-0.15, -0.1) is 0 Å². The van der Waals surface area contributed by atoms with Crippen LogP contribution in [0.25, 0.3) is 0 Å². The van der Waals surface area contributed by atoms with Crippen molar-refractivity contribution in [3.05, 3.63) is 59.4 Å². The van der Waals surface area contributed by atoms with E-state index >= 15 is 0 Å². The predicted molar refractivity (Wildman–Crippen MR) is 111 cm³/mol. The SMILES string of the molecule is CCN1CCN(C(=O)c2ccnc(C(=O)NCCc3ccc(OC)cc3)c2)CC1. The number of carbonyl (C=O) groups excluding carboxylic acids is 2. The first-order valence-corrected chi connectivity index (χ1v) is 9.99. The molecule has 1 aliphatic rings. The van der Waals surface area contributed by atoms with Crippen LogP contribution < -0.4 is 10.1 Å². The molecule has 1 aromatic heterocycles. The van der Waals surface area contributed by atoms with E-state index < -0.39 is 0 Å². The number of amides is 2. The Labute approximate surface area is 171 Å². The summed E-state index contributed by atoms with van der Waals surface area (Å²) >= 11 is 0. The Kier molecular flexibility index (Phi) is 7.19. The molecule has 0 radical (unpaired) electrons. The fourth-order valence-corrected chi connectivity index (χ4v) is 3.34. The van der Waals surface area contributed by atoms with Crippen LogP contribution in [0.1, 0.15) is 33.3 Å². The van der Waals surface area contributed by atoms with E-state index in [1.54, 1.807) is 19.2 Å². The number of pyridine rings is 1. The molecular formula is C22H28N4O3. The van der Waals surface area contributed by atoms with Crippen LogP contribution >= 0.6 is 0 Å². The van der Waals surface area contributed by atoms with E-state index in [0.717, 1.165) is 30.9 Å². The highest BCUT2D eigenvalue weighted by atomic mass is 16.5. The van der Waals surface area contributed by atoms with E-state index in [2.05, 4.69) is 22.1 Å². The molecule has 0 bridgehead atoms. The van der Waals surface area contributed by atoms with Crippen LogP contribution in [0.15, 0.2) is 42.6 Å². The van der Waals surface area contributed by atoms with Gasteiger partial charge in [-0.25, -0.2) is 0 Å². The van der Waals surface area contributed by atoms with Crippen molar-refractivity contribution in [3.63, 3.8) is 0 Å². The molecule has 1 fully saturated rings. The minimum Gasteiger partial charge on any atom is -0.497 e. The van der Waals surface area contributed by atoms with Gasteiger partial charge in [0.2, 0.25) is 0 Å². The third-order valence-electron chi connectivity index (χ3n) is 5.20. The van der Waals surface area contributed by atoms with Gasteiger partial charge < -0.3 is 19.9 Å². The lowest BCUT2D eigenvalue weighted by Crippen LogP contribution is -2.48. The van der Waals surface area contributed by atoms with Crippen LogP contribution in [0.4, 0.5) is 0 Å². The van der Waals surface area contributed by atoms with Gasteiger partial charge in [0, 0.05) is 44.5 Å². The number of rotatable bonds is 7. The summed E-state index contributed by atoms with van der Waals surface area (Å²) in [6, 6.07) is 11.0. The molecule has 1 saturated heterocycles. The highest BCUT2D eigenvalue weighted by molar-refractivity contribution is 5.98. The number of piperazine rings is 1. The van der Waals surface area contributed by atoms with Crippen molar-refractivity contribution in [1.82, 2.24) is 20.1 Å². The van der Waals surface area contributed by atoms with E-state index in [0.29, 0.717) is 31.6 Å². The van der Waals surface area contributed by atoms with E-state index in [4.69, 9.17) is 4.74 Å². The molecule has 0 unspecified atom stereocenters. The molecule has 2 amide bonds. The van der Waals surface area contributed by atoms with Gasteiger partial charge in [0.25, 0.3) is 11.8 Å².